The molecule has 33 heavy (non-hydrogen) atoms. The van der Waals surface area contributed by atoms with Gasteiger partial charge in [-0.2, -0.15) is 0 Å². The standard InChI is InChI=1S/C25H31N2O4SSe/c1-4-18(2)22(23(28)30-3)27-25(33)32-17-21(15-19-11-7-5-8-12-19)26-24(29)31-16-20-13-9-6-10-14-20/h5-14,18,21-22H,4,15-17H2,1-3H3,(H,26,29)/t18?,21-,22-/m0/s1. The summed E-state index contributed by atoms with van der Waals surface area (Å²) < 4.78 is 11.0. The summed E-state index contributed by atoms with van der Waals surface area (Å²) in [6.45, 7) is 4.20. The van der Waals surface area contributed by atoms with Crippen LogP contribution in [0.3, 0.4) is 0 Å². The Morgan fingerprint density at radius 3 is 2.24 bits per heavy atom. The van der Waals surface area contributed by atoms with Crippen molar-refractivity contribution in [1.82, 2.24) is 5.32 Å². The number of methoxy groups -OCH3 is 1. The van der Waals surface area contributed by atoms with Crippen LogP contribution in [-0.2, 0) is 27.3 Å². The molecular weight excluding hydrogens is 503 g/mol. The number of benzene rings is 2. The number of thioether (sulfide) groups is 1. The molecule has 6 nitrogen and oxygen atoms in total. The van der Waals surface area contributed by atoms with E-state index in [-0.39, 0.29) is 24.5 Å². The third kappa shape index (κ3) is 10.0. The zero-order chi connectivity index (χ0) is 24.1. The molecule has 0 aliphatic heterocycles. The fraction of sp³-hybridized carbons (Fsp3) is 0.400. The van der Waals surface area contributed by atoms with Crippen LogP contribution in [0.2, 0.25) is 0 Å². The van der Waals surface area contributed by atoms with Gasteiger partial charge in [-0.25, -0.2) is 0 Å². The second-order valence-corrected chi connectivity index (χ2v) is 10.1. The van der Waals surface area contributed by atoms with Crippen LogP contribution in [0.5, 0.6) is 0 Å². The van der Waals surface area contributed by atoms with Gasteiger partial charge in [0, 0.05) is 0 Å². The van der Waals surface area contributed by atoms with Crippen molar-refractivity contribution in [2.45, 2.75) is 45.4 Å². The average Bonchev–Trinajstić information content (AvgIpc) is 2.85. The summed E-state index contributed by atoms with van der Waals surface area (Å²) in [5.74, 6) is 0.281. The molecule has 2 rings (SSSR count). The first kappa shape index (κ1) is 27.0. The Morgan fingerprint density at radius 2 is 1.67 bits per heavy atom. The van der Waals surface area contributed by atoms with Gasteiger partial charge in [0.05, 0.1) is 0 Å². The van der Waals surface area contributed by atoms with Crippen LogP contribution < -0.4 is 5.32 Å². The molecule has 0 saturated heterocycles. The molecule has 0 aromatic heterocycles. The summed E-state index contributed by atoms with van der Waals surface area (Å²) in [5.41, 5.74) is 2.04. The Balaban J connectivity index is 2.02. The molecule has 2 aromatic rings. The van der Waals surface area contributed by atoms with Gasteiger partial charge in [-0.15, -0.1) is 0 Å². The van der Waals surface area contributed by atoms with Gasteiger partial charge in [0.25, 0.3) is 0 Å². The molecule has 1 N–H and O–H groups in total. The SMILES string of the molecule is CCC(C)[C@H](N=C([Se])SC[C@H](Cc1ccccc1)NC(=O)OCc1ccccc1)C(=O)OC. The number of carbonyl (C=O) groups excluding carboxylic acids is 2. The summed E-state index contributed by atoms with van der Waals surface area (Å²) >= 11 is 4.41. The van der Waals surface area contributed by atoms with Gasteiger partial charge in [0.1, 0.15) is 0 Å². The van der Waals surface area contributed by atoms with Crippen LogP contribution in [0.15, 0.2) is 65.7 Å². The molecule has 1 amide bonds. The molecule has 3 atom stereocenters. The van der Waals surface area contributed by atoms with Crippen molar-refractivity contribution >= 4 is 43.8 Å². The van der Waals surface area contributed by atoms with Crippen LogP contribution in [0.1, 0.15) is 31.4 Å². The molecule has 0 heterocycles. The zero-order valence-corrected chi connectivity index (χ0v) is 21.8. The summed E-state index contributed by atoms with van der Waals surface area (Å²) in [6.07, 6.45) is 0.992. The second kappa shape index (κ2) is 14.8. The number of nitrogens with one attached hydrogen (secondary N) is 1. The predicted molar refractivity (Wildman–Crippen MR) is 135 cm³/mol. The molecule has 0 spiro atoms. The number of carbonyl (C=O) groups is 2. The number of aliphatic imine (C=N–C) groups is 1. The first-order chi connectivity index (χ1) is 15.9. The average molecular weight is 535 g/mol. The molecule has 8 heteroatoms. The van der Waals surface area contributed by atoms with E-state index in [1.807, 2.05) is 74.5 Å². The molecule has 177 valence electrons. The number of esters is 1. The van der Waals surface area contributed by atoms with E-state index < -0.39 is 12.1 Å². The van der Waals surface area contributed by atoms with Crippen LogP contribution >= 0.6 is 11.8 Å². The number of ether oxygens (including phenoxy) is 2. The van der Waals surface area contributed by atoms with Crippen LogP contribution in [0, 0.1) is 5.92 Å². The third-order valence-electron chi connectivity index (χ3n) is 5.14. The topological polar surface area (TPSA) is 77.0 Å². The minimum absolute atomic E-state index is 0.0626. The van der Waals surface area contributed by atoms with Gasteiger partial charge in [0.15, 0.2) is 0 Å². The van der Waals surface area contributed by atoms with E-state index in [0.29, 0.717) is 16.1 Å². The summed E-state index contributed by atoms with van der Waals surface area (Å²) in [5, 5.41) is 2.97. The molecule has 0 saturated carbocycles. The van der Waals surface area contributed by atoms with E-state index in [0.717, 1.165) is 17.5 Å². The van der Waals surface area contributed by atoms with E-state index in [9.17, 15) is 9.59 Å². The third-order valence-corrected chi connectivity index (χ3v) is 7.02. The Bertz CT molecular complexity index is 896. The number of alkyl carbamates (subject to hydrolysis) is 1. The summed E-state index contributed by atoms with van der Waals surface area (Å²) in [6, 6.07) is 18.8. The number of amides is 1. The molecular formula is C25H31N2O4SSe. The van der Waals surface area contributed by atoms with Gasteiger partial charge in [-0.3, -0.25) is 0 Å². The summed E-state index contributed by atoms with van der Waals surface area (Å²) in [4.78, 5) is 29.1. The molecule has 0 fully saturated rings. The molecule has 1 radical (unpaired) electrons. The molecule has 0 bridgehead atoms. The quantitative estimate of drug-likeness (QED) is 0.201. The Kier molecular flexibility index (Phi) is 12.1. The first-order valence-electron chi connectivity index (χ1n) is 10.9. The van der Waals surface area contributed by atoms with E-state index in [1.54, 1.807) is 0 Å². The fourth-order valence-electron chi connectivity index (χ4n) is 3.06. The van der Waals surface area contributed by atoms with E-state index in [1.165, 1.54) is 18.9 Å². The van der Waals surface area contributed by atoms with Crippen molar-refractivity contribution in [3.63, 3.8) is 0 Å². The van der Waals surface area contributed by atoms with Crippen molar-refractivity contribution in [2.24, 2.45) is 10.9 Å². The van der Waals surface area contributed by atoms with Crippen molar-refractivity contribution in [3.8, 4) is 0 Å². The molecule has 0 aliphatic rings. The fourth-order valence-corrected chi connectivity index (χ4v) is 4.46. The van der Waals surface area contributed by atoms with Crippen molar-refractivity contribution in [1.29, 1.82) is 0 Å². The van der Waals surface area contributed by atoms with Gasteiger partial charge in [-0.05, 0) is 0 Å². The maximum absolute atomic E-state index is 12.5. The number of rotatable bonds is 11. The van der Waals surface area contributed by atoms with Crippen LogP contribution in [0.4, 0.5) is 4.79 Å². The van der Waals surface area contributed by atoms with Gasteiger partial charge in [0.2, 0.25) is 0 Å². The van der Waals surface area contributed by atoms with Crippen molar-refractivity contribution in [3.05, 3.63) is 71.8 Å². The molecule has 2 aromatic carbocycles. The Morgan fingerprint density at radius 1 is 1.06 bits per heavy atom. The van der Waals surface area contributed by atoms with Gasteiger partial charge < -0.3 is 0 Å². The normalized spacial score (nSPS) is 14.1. The Hall–Kier alpha value is -2.28. The van der Waals surface area contributed by atoms with Crippen molar-refractivity contribution in [2.75, 3.05) is 12.9 Å². The number of nitrogens with zero attached hydrogens (tertiary/aromatic N) is 1. The van der Waals surface area contributed by atoms with E-state index in [2.05, 4.69) is 26.3 Å². The molecule has 0 aliphatic carbocycles. The predicted octanol–water partition coefficient (Wildman–Crippen LogP) is 4.37. The van der Waals surface area contributed by atoms with Gasteiger partial charge in [-0.1, -0.05) is 0 Å². The van der Waals surface area contributed by atoms with Crippen molar-refractivity contribution < 1.29 is 19.1 Å². The molecule has 1 unspecified atom stereocenters. The maximum atomic E-state index is 12.5. The zero-order valence-electron chi connectivity index (χ0n) is 19.2. The minimum atomic E-state index is -0.555. The second-order valence-electron chi connectivity index (χ2n) is 7.65. The van der Waals surface area contributed by atoms with Gasteiger partial charge >= 0.3 is 209 Å². The monoisotopic (exact) mass is 535 g/mol. The Labute approximate surface area is 208 Å². The summed E-state index contributed by atoms with van der Waals surface area (Å²) in [7, 11) is 1.38. The van der Waals surface area contributed by atoms with E-state index >= 15 is 0 Å². The number of hydrogen-bond acceptors (Lipinski definition) is 6. The van der Waals surface area contributed by atoms with Crippen LogP contribution in [-0.4, -0.2) is 57.0 Å². The number of hydrogen-bond donors (Lipinski definition) is 1. The van der Waals surface area contributed by atoms with Crippen LogP contribution in [0.25, 0.3) is 0 Å². The van der Waals surface area contributed by atoms with E-state index in [4.69, 9.17) is 9.47 Å². The first-order valence-corrected chi connectivity index (χ1v) is 12.7.